The van der Waals surface area contributed by atoms with Gasteiger partial charge in [0.25, 0.3) is 0 Å². The molecule has 0 bridgehead atoms. The summed E-state index contributed by atoms with van der Waals surface area (Å²) in [5.74, 6) is 1.44. The van der Waals surface area contributed by atoms with Crippen LogP contribution >= 0.6 is 23.4 Å². The molecule has 2 rings (SSSR count). The molecular formula is C18H21ClN2O4S2. The maximum Gasteiger partial charge on any atom is 0.240 e. The normalized spacial score (nSPS) is 11.2. The van der Waals surface area contributed by atoms with E-state index < -0.39 is 10.0 Å². The van der Waals surface area contributed by atoms with Gasteiger partial charge in [-0.3, -0.25) is 4.79 Å². The van der Waals surface area contributed by atoms with Crippen molar-refractivity contribution in [2.75, 3.05) is 26.0 Å². The topological polar surface area (TPSA) is 84.5 Å². The summed E-state index contributed by atoms with van der Waals surface area (Å²) in [5.41, 5.74) is 1.09. The Morgan fingerprint density at radius 1 is 1.07 bits per heavy atom. The second kappa shape index (κ2) is 10.6. The minimum absolute atomic E-state index is 0.113. The molecule has 0 saturated carbocycles. The van der Waals surface area contributed by atoms with Crippen LogP contribution in [0.5, 0.6) is 5.75 Å². The number of halogens is 1. The fourth-order valence-corrected chi connectivity index (χ4v) is 4.09. The Labute approximate surface area is 168 Å². The van der Waals surface area contributed by atoms with Crippen molar-refractivity contribution < 1.29 is 17.9 Å². The first-order valence-electron chi connectivity index (χ1n) is 8.13. The number of methoxy groups -OCH3 is 1. The standard InChI is InChI=1S/C18H21ClN2O4S2/c1-25-16-6-8-17(9-7-16)27(23,24)21-11-10-20-18(22)13-26-12-14-2-4-15(19)5-3-14/h2-9,21H,10-13H2,1H3,(H,20,22). The molecule has 1 amide bonds. The van der Waals surface area contributed by atoms with E-state index in [0.29, 0.717) is 22.3 Å². The van der Waals surface area contributed by atoms with Gasteiger partial charge in [0.15, 0.2) is 0 Å². The van der Waals surface area contributed by atoms with E-state index in [1.807, 2.05) is 24.3 Å². The Balaban J connectivity index is 1.66. The molecule has 0 fully saturated rings. The Kier molecular flexibility index (Phi) is 8.43. The van der Waals surface area contributed by atoms with Gasteiger partial charge >= 0.3 is 0 Å². The molecule has 0 aliphatic rings. The van der Waals surface area contributed by atoms with Crippen LogP contribution in [0.2, 0.25) is 5.02 Å². The Hall–Kier alpha value is -1.74. The van der Waals surface area contributed by atoms with E-state index in [4.69, 9.17) is 16.3 Å². The van der Waals surface area contributed by atoms with Gasteiger partial charge in [0, 0.05) is 23.9 Å². The van der Waals surface area contributed by atoms with Gasteiger partial charge in [0.2, 0.25) is 15.9 Å². The quantitative estimate of drug-likeness (QED) is 0.568. The van der Waals surface area contributed by atoms with Crippen LogP contribution < -0.4 is 14.8 Å². The number of ether oxygens (including phenoxy) is 1. The average Bonchev–Trinajstić information content (AvgIpc) is 2.67. The summed E-state index contributed by atoms with van der Waals surface area (Å²) in [7, 11) is -2.10. The van der Waals surface area contributed by atoms with Crippen LogP contribution in [0.15, 0.2) is 53.4 Å². The lowest BCUT2D eigenvalue weighted by Crippen LogP contribution is -2.35. The molecule has 0 atom stereocenters. The number of carbonyl (C=O) groups excluding carboxylic acids is 1. The molecular weight excluding hydrogens is 408 g/mol. The average molecular weight is 429 g/mol. The van der Waals surface area contributed by atoms with Crippen molar-refractivity contribution in [2.24, 2.45) is 0 Å². The fraction of sp³-hybridized carbons (Fsp3) is 0.278. The van der Waals surface area contributed by atoms with Gasteiger partial charge in [0.1, 0.15) is 5.75 Å². The molecule has 0 aliphatic carbocycles. The first kappa shape index (κ1) is 21.6. The third-order valence-electron chi connectivity index (χ3n) is 3.52. The molecule has 146 valence electrons. The zero-order valence-corrected chi connectivity index (χ0v) is 17.2. The van der Waals surface area contributed by atoms with Crippen molar-refractivity contribution in [3.63, 3.8) is 0 Å². The predicted octanol–water partition coefficient (Wildman–Crippen LogP) is 2.68. The molecule has 2 N–H and O–H groups in total. The summed E-state index contributed by atoms with van der Waals surface area (Å²) in [6, 6.07) is 13.5. The minimum Gasteiger partial charge on any atom is -0.497 e. The van der Waals surface area contributed by atoms with Gasteiger partial charge in [-0.2, -0.15) is 0 Å². The summed E-state index contributed by atoms with van der Waals surface area (Å²) < 4.78 is 31.8. The lowest BCUT2D eigenvalue weighted by molar-refractivity contribution is -0.118. The predicted molar refractivity (Wildman–Crippen MR) is 109 cm³/mol. The van der Waals surface area contributed by atoms with E-state index in [9.17, 15) is 13.2 Å². The molecule has 0 unspecified atom stereocenters. The summed E-state index contributed by atoms with van der Waals surface area (Å²) in [5, 5.41) is 3.37. The van der Waals surface area contributed by atoms with Crippen LogP contribution in [0, 0.1) is 0 Å². The summed E-state index contributed by atoms with van der Waals surface area (Å²) in [4.78, 5) is 12.0. The van der Waals surface area contributed by atoms with Crippen molar-refractivity contribution in [2.45, 2.75) is 10.6 Å². The summed E-state index contributed by atoms with van der Waals surface area (Å²) in [6.07, 6.45) is 0. The van der Waals surface area contributed by atoms with Crippen LogP contribution in [0.25, 0.3) is 0 Å². The highest BCUT2D eigenvalue weighted by Crippen LogP contribution is 2.16. The van der Waals surface area contributed by atoms with E-state index in [1.165, 1.54) is 31.0 Å². The van der Waals surface area contributed by atoms with Crippen LogP contribution in [0.3, 0.4) is 0 Å². The summed E-state index contributed by atoms with van der Waals surface area (Å²) >= 11 is 7.31. The van der Waals surface area contributed by atoms with Crippen LogP contribution in [0.4, 0.5) is 0 Å². The summed E-state index contributed by atoms with van der Waals surface area (Å²) in [6.45, 7) is 0.331. The second-order valence-electron chi connectivity index (χ2n) is 5.54. The van der Waals surface area contributed by atoms with E-state index in [0.717, 1.165) is 5.56 Å². The molecule has 0 saturated heterocycles. The molecule has 0 aliphatic heterocycles. The third-order valence-corrected chi connectivity index (χ3v) is 6.26. The van der Waals surface area contributed by atoms with Gasteiger partial charge in [-0.05, 0) is 42.0 Å². The van der Waals surface area contributed by atoms with Crippen molar-refractivity contribution in [1.82, 2.24) is 10.0 Å². The zero-order chi connectivity index (χ0) is 19.7. The maximum atomic E-state index is 12.2. The largest absolute Gasteiger partial charge is 0.497 e. The van der Waals surface area contributed by atoms with Crippen molar-refractivity contribution >= 4 is 39.3 Å². The Morgan fingerprint density at radius 2 is 1.74 bits per heavy atom. The van der Waals surface area contributed by atoms with Crippen LogP contribution in [-0.4, -0.2) is 40.3 Å². The fourth-order valence-electron chi connectivity index (χ4n) is 2.12. The highest BCUT2D eigenvalue weighted by Gasteiger charge is 2.13. The first-order chi connectivity index (χ1) is 12.9. The lowest BCUT2D eigenvalue weighted by Gasteiger charge is -2.09. The number of benzene rings is 2. The first-order valence-corrected chi connectivity index (χ1v) is 11.1. The van der Waals surface area contributed by atoms with Gasteiger partial charge in [-0.15, -0.1) is 11.8 Å². The molecule has 2 aromatic rings. The highest BCUT2D eigenvalue weighted by atomic mass is 35.5. The van der Waals surface area contributed by atoms with E-state index >= 15 is 0 Å². The Morgan fingerprint density at radius 3 is 2.37 bits per heavy atom. The maximum absolute atomic E-state index is 12.2. The molecule has 6 nitrogen and oxygen atoms in total. The molecule has 0 aromatic heterocycles. The number of nitrogens with one attached hydrogen (secondary N) is 2. The number of hydrogen-bond donors (Lipinski definition) is 2. The van der Waals surface area contributed by atoms with Gasteiger partial charge in [-0.1, -0.05) is 23.7 Å². The molecule has 0 heterocycles. The SMILES string of the molecule is COc1ccc(S(=O)(=O)NCCNC(=O)CSCc2ccc(Cl)cc2)cc1. The number of sulfonamides is 1. The van der Waals surface area contributed by atoms with Gasteiger partial charge < -0.3 is 10.1 Å². The number of amides is 1. The molecule has 27 heavy (non-hydrogen) atoms. The van der Waals surface area contributed by atoms with Crippen molar-refractivity contribution in [3.05, 3.63) is 59.1 Å². The molecule has 9 heteroatoms. The van der Waals surface area contributed by atoms with Crippen LogP contribution in [-0.2, 0) is 20.6 Å². The smallest absolute Gasteiger partial charge is 0.240 e. The van der Waals surface area contributed by atoms with E-state index in [1.54, 1.807) is 12.1 Å². The van der Waals surface area contributed by atoms with Crippen LogP contribution in [0.1, 0.15) is 5.56 Å². The van der Waals surface area contributed by atoms with Crippen molar-refractivity contribution in [1.29, 1.82) is 0 Å². The number of carbonyl (C=O) groups is 1. The number of hydrogen-bond acceptors (Lipinski definition) is 5. The Bertz CT molecular complexity index is 841. The zero-order valence-electron chi connectivity index (χ0n) is 14.8. The minimum atomic E-state index is -3.61. The highest BCUT2D eigenvalue weighted by molar-refractivity contribution is 7.99. The number of thioether (sulfide) groups is 1. The lowest BCUT2D eigenvalue weighted by atomic mass is 10.2. The van der Waals surface area contributed by atoms with E-state index in [-0.39, 0.29) is 23.9 Å². The third kappa shape index (κ3) is 7.42. The molecule has 0 spiro atoms. The second-order valence-corrected chi connectivity index (χ2v) is 8.73. The van der Waals surface area contributed by atoms with Crippen molar-refractivity contribution in [3.8, 4) is 5.75 Å². The van der Waals surface area contributed by atoms with E-state index in [2.05, 4.69) is 10.0 Å². The van der Waals surface area contributed by atoms with Gasteiger partial charge in [-0.25, -0.2) is 13.1 Å². The monoisotopic (exact) mass is 428 g/mol. The number of rotatable bonds is 10. The molecule has 2 aromatic carbocycles. The van der Waals surface area contributed by atoms with Gasteiger partial charge in [0.05, 0.1) is 17.8 Å². The molecule has 0 radical (unpaired) electrons.